The van der Waals surface area contributed by atoms with Crippen LogP contribution in [0.1, 0.15) is 47.3 Å². The van der Waals surface area contributed by atoms with Crippen LogP contribution >= 0.6 is 11.6 Å². The van der Waals surface area contributed by atoms with E-state index < -0.39 is 37.1 Å². The van der Waals surface area contributed by atoms with E-state index in [1.54, 1.807) is 7.11 Å². The minimum Gasteiger partial charge on any atom is -0.497 e. The van der Waals surface area contributed by atoms with E-state index in [4.69, 9.17) is 21.1 Å². The molecule has 1 aliphatic heterocycles. The van der Waals surface area contributed by atoms with Crippen molar-refractivity contribution in [2.45, 2.75) is 63.6 Å². The fraction of sp³-hybridized carbons (Fsp3) is 0.500. The van der Waals surface area contributed by atoms with Crippen molar-refractivity contribution in [2.24, 2.45) is 0 Å². The molecule has 0 saturated carbocycles. The number of hydrogen-bond donors (Lipinski definition) is 4. The van der Waals surface area contributed by atoms with Crippen molar-refractivity contribution in [3.05, 3.63) is 63.2 Å². The third-order valence-corrected chi connectivity index (χ3v) is 6.52. The molecule has 0 aliphatic carbocycles. The number of benzene rings is 2. The van der Waals surface area contributed by atoms with Gasteiger partial charge in [0.1, 0.15) is 36.3 Å². The van der Waals surface area contributed by atoms with Crippen LogP contribution in [0.5, 0.6) is 5.75 Å². The molecule has 0 aromatic heterocycles. The summed E-state index contributed by atoms with van der Waals surface area (Å²) in [7, 11) is 1.62. The van der Waals surface area contributed by atoms with E-state index in [0.29, 0.717) is 11.4 Å². The number of ether oxygens (including phenoxy) is 2. The average Bonchev–Trinajstić information content (AvgIpc) is 2.78. The fourth-order valence-corrected chi connectivity index (χ4v) is 4.45. The molecule has 0 radical (unpaired) electrons. The summed E-state index contributed by atoms with van der Waals surface area (Å²) in [6.45, 7) is 3.53. The molecule has 0 amide bonds. The Morgan fingerprint density at radius 3 is 2.32 bits per heavy atom. The minimum atomic E-state index is -1.42. The van der Waals surface area contributed by atoms with Gasteiger partial charge >= 0.3 is 0 Å². The molecule has 1 fully saturated rings. The van der Waals surface area contributed by atoms with Crippen LogP contribution < -0.4 is 4.74 Å². The minimum absolute atomic E-state index is 0.462. The summed E-state index contributed by atoms with van der Waals surface area (Å²) in [4.78, 5) is 0. The second kappa shape index (κ2) is 10.3. The second-order valence-corrected chi connectivity index (χ2v) is 8.44. The van der Waals surface area contributed by atoms with Gasteiger partial charge in [0.2, 0.25) is 0 Å². The number of methoxy groups -OCH3 is 1. The maximum atomic E-state index is 10.7. The zero-order chi connectivity index (χ0) is 22.7. The van der Waals surface area contributed by atoms with Crippen molar-refractivity contribution in [2.75, 3.05) is 13.7 Å². The number of aliphatic hydroxyl groups is 4. The lowest BCUT2D eigenvalue weighted by atomic mass is 9.84. The quantitative estimate of drug-likeness (QED) is 0.517. The number of hydrogen-bond acceptors (Lipinski definition) is 6. The lowest BCUT2D eigenvalue weighted by Gasteiger charge is -2.41. The summed E-state index contributed by atoms with van der Waals surface area (Å²) in [6, 6.07) is 9.63. The van der Waals surface area contributed by atoms with Gasteiger partial charge in [-0.15, -0.1) is 0 Å². The first kappa shape index (κ1) is 24.0. The molecule has 2 aromatic carbocycles. The number of halogens is 1. The first-order valence-electron chi connectivity index (χ1n) is 10.6. The van der Waals surface area contributed by atoms with Crippen LogP contribution in [0.25, 0.3) is 0 Å². The first-order valence-corrected chi connectivity index (χ1v) is 10.9. The highest BCUT2D eigenvalue weighted by atomic mass is 35.5. The molecule has 5 atom stereocenters. The van der Waals surface area contributed by atoms with E-state index in [2.05, 4.69) is 6.92 Å². The molecule has 6 nitrogen and oxygen atoms in total. The predicted octanol–water partition coefficient (Wildman–Crippen LogP) is 2.72. The number of rotatable bonds is 7. The molecule has 2 aromatic rings. The Morgan fingerprint density at radius 1 is 1.06 bits per heavy atom. The molecule has 0 bridgehead atoms. The molecule has 7 heteroatoms. The van der Waals surface area contributed by atoms with Crippen molar-refractivity contribution in [3.63, 3.8) is 0 Å². The third-order valence-electron chi connectivity index (χ3n) is 5.99. The van der Waals surface area contributed by atoms with E-state index in [9.17, 15) is 20.4 Å². The smallest absolute Gasteiger partial charge is 0.118 e. The van der Waals surface area contributed by atoms with Gasteiger partial charge in [-0.1, -0.05) is 43.1 Å². The monoisotopic (exact) mass is 450 g/mol. The Balaban J connectivity index is 2.05. The average molecular weight is 451 g/mol. The molecule has 1 heterocycles. The Morgan fingerprint density at radius 2 is 1.74 bits per heavy atom. The van der Waals surface area contributed by atoms with Crippen LogP contribution in [0.3, 0.4) is 0 Å². The molecular formula is C24H31ClO6. The first-order chi connectivity index (χ1) is 14.8. The van der Waals surface area contributed by atoms with E-state index in [1.165, 1.54) is 0 Å². The Kier molecular flexibility index (Phi) is 7.97. The van der Waals surface area contributed by atoms with Gasteiger partial charge in [0, 0.05) is 5.02 Å². The van der Waals surface area contributed by atoms with Crippen molar-refractivity contribution in [1.82, 2.24) is 0 Å². The third kappa shape index (κ3) is 4.90. The maximum absolute atomic E-state index is 10.7. The van der Waals surface area contributed by atoms with E-state index in [-0.39, 0.29) is 0 Å². The van der Waals surface area contributed by atoms with Crippen LogP contribution in [-0.2, 0) is 17.6 Å². The van der Waals surface area contributed by atoms with E-state index in [0.717, 1.165) is 46.4 Å². The SMILES string of the molecule is CCCc1c([C@@H]2O[C@H](CO)[C@@H](O)[C@H](O)[C@H]2O)cc(Cc2ccc(OC)cc2)c(Cl)c1C. The second-order valence-electron chi connectivity index (χ2n) is 8.07. The largest absolute Gasteiger partial charge is 0.497 e. The summed E-state index contributed by atoms with van der Waals surface area (Å²) < 4.78 is 11.1. The van der Waals surface area contributed by atoms with Crippen LogP contribution in [0.2, 0.25) is 5.02 Å². The zero-order valence-corrected chi connectivity index (χ0v) is 18.8. The maximum Gasteiger partial charge on any atom is 0.118 e. The highest BCUT2D eigenvalue weighted by Crippen LogP contribution is 2.39. The molecule has 1 aliphatic rings. The van der Waals surface area contributed by atoms with E-state index >= 15 is 0 Å². The summed E-state index contributed by atoms with van der Waals surface area (Å²) >= 11 is 6.74. The predicted molar refractivity (Wildman–Crippen MR) is 119 cm³/mol. The van der Waals surface area contributed by atoms with Gasteiger partial charge < -0.3 is 29.9 Å². The standard InChI is InChI=1S/C24H31ClO6/c1-4-5-17-13(2)20(25)15(10-14-6-8-16(30-3)9-7-14)11-18(17)24-23(29)22(28)21(27)19(12-26)31-24/h6-9,11,19,21-24,26-29H,4-5,10,12H2,1-3H3/t19-,21-,22+,23-,24+/m1/s1. The van der Waals surface area contributed by atoms with Crippen molar-refractivity contribution >= 4 is 11.6 Å². The lowest BCUT2D eigenvalue weighted by molar-refractivity contribution is -0.231. The molecule has 1 saturated heterocycles. The summed E-state index contributed by atoms with van der Waals surface area (Å²) in [5.74, 6) is 0.770. The lowest BCUT2D eigenvalue weighted by Crippen LogP contribution is -2.55. The highest BCUT2D eigenvalue weighted by molar-refractivity contribution is 6.32. The van der Waals surface area contributed by atoms with Crippen LogP contribution in [0.4, 0.5) is 0 Å². The number of aliphatic hydroxyl groups excluding tert-OH is 4. The van der Waals surface area contributed by atoms with Gasteiger partial charge in [-0.2, -0.15) is 0 Å². The topological polar surface area (TPSA) is 99.4 Å². The van der Waals surface area contributed by atoms with Crippen LogP contribution in [0.15, 0.2) is 30.3 Å². The molecule has 0 spiro atoms. The summed E-state index contributed by atoms with van der Waals surface area (Å²) in [5, 5.41) is 41.4. The van der Waals surface area contributed by atoms with Gasteiger partial charge in [-0.05, 0) is 59.7 Å². The van der Waals surface area contributed by atoms with Crippen LogP contribution in [-0.4, -0.2) is 58.6 Å². The summed E-state index contributed by atoms with van der Waals surface area (Å²) in [6.07, 6.45) is -3.84. The molecular weight excluding hydrogens is 420 g/mol. The molecule has 170 valence electrons. The molecule has 31 heavy (non-hydrogen) atoms. The zero-order valence-electron chi connectivity index (χ0n) is 18.1. The normalized spacial score (nSPS) is 26.1. The van der Waals surface area contributed by atoms with Crippen LogP contribution in [0, 0.1) is 6.92 Å². The Labute approximate surface area is 188 Å². The van der Waals surface area contributed by atoms with Gasteiger partial charge in [0.15, 0.2) is 0 Å². The van der Waals surface area contributed by atoms with E-state index in [1.807, 2.05) is 37.3 Å². The van der Waals surface area contributed by atoms with Crippen molar-refractivity contribution in [3.8, 4) is 5.75 Å². The Bertz CT molecular complexity index is 883. The Hall–Kier alpha value is -1.67. The van der Waals surface area contributed by atoms with Crippen molar-refractivity contribution < 1.29 is 29.9 Å². The molecule has 0 unspecified atom stereocenters. The summed E-state index contributed by atoms with van der Waals surface area (Å²) in [5.41, 5.74) is 4.50. The van der Waals surface area contributed by atoms with Gasteiger partial charge in [-0.25, -0.2) is 0 Å². The molecule has 3 rings (SSSR count). The van der Waals surface area contributed by atoms with Gasteiger partial charge in [-0.3, -0.25) is 0 Å². The fourth-order valence-electron chi connectivity index (χ4n) is 4.21. The highest BCUT2D eigenvalue weighted by Gasteiger charge is 2.44. The van der Waals surface area contributed by atoms with Crippen molar-refractivity contribution in [1.29, 1.82) is 0 Å². The molecule has 4 N–H and O–H groups in total. The van der Waals surface area contributed by atoms with Gasteiger partial charge in [0.25, 0.3) is 0 Å². The van der Waals surface area contributed by atoms with Gasteiger partial charge in [0.05, 0.1) is 13.7 Å².